The van der Waals surface area contributed by atoms with Gasteiger partial charge in [0.05, 0.1) is 22.3 Å². The minimum atomic E-state index is -4.03. The number of hydrogen-bond donors (Lipinski definition) is 2. The number of nitrogens with one attached hydrogen (secondary N) is 2. The van der Waals surface area contributed by atoms with Gasteiger partial charge in [0.2, 0.25) is 0 Å². The number of benzene rings is 3. The number of sulfonamides is 1. The molecule has 0 saturated heterocycles. The first-order valence-corrected chi connectivity index (χ1v) is 11.4. The van der Waals surface area contributed by atoms with Crippen molar-refractivity contribution in [3.05, 3.63) is 95.8 Å². The molecule has 0 aliphatic carbocycles. The first-order valence-electron chi connectivity index (χ1n) is 9.95. The van der Waals surface area contributed by atoms with E-state index in [-0.39, 0.29) is 21.7 Å². The van der Waals surface area contributed by atoms with Gasteiger partial charge in [0, 0.05) is 18.2 Å². The lowest BCUT2D eigenvalue weighted by Gasteiger charge is -2.13. The fourth-order valence-corrected chi connectivity index (χ4v) is 4.33. The lowest BCUT2D eigenvalue weighted by molar-refractivity contribution is 0.102. The van der Waals surface area contributed by atoms with Crippen molar-refractivity contribution in [3.8, 4) is 11.3 Å². The smallest absolute Gasteiger partial charge is 0.261 e. The van der Waals surface area contributed by atoms with Gasteiger partial charge < -0.3 is 9.73 Å². The normalized spacial score (nSPS) is 11.2. The molecule has 2 N–H and O–H groups in total. The zero-order valence-electron chi connectivity index (χ0n) is 17.8. The van der Waals surface area contributed by atoms with Crippen molar-refractivity contribution < 1.29 is 22.0 Å². The van der Waals surface area contributed by atoms with Crippen LogP contribution in [0.4, 0.5) is 15.8 Å². The summed E-state index contributed by atoms with van der Waals surface area (Å²) in [6.07, 6.45) is 1.62. The first kappa shape index (κ1) is 22.2. The molecule has 4 rings (SSSR count). The van der Waals surface area contributed by atoms with Gasteiger partial charge in [-0.15, -0.1) is 0 Å². The number of nitrogens with zero attached hydrogens (tertiary/aromatic N) is 1. The number of para-hydroxylation sites is 1. The standard InChI is InChI=1S/C24H20FN3O4S/c1-15-13-19(11-12-21(15)25)33(30,31)28-22-6-4-3-5-20(22)24(29)27-18-9-7-17(8-10-18)23-14-26-16(2)32-23/h3-14,28H,1-2H3,(H,27,29). The lowest BCUT2D eigenvalue weighted by Crippen LogP contribution is -2.18. The number of oxazole rings is 1. The summed E-state index contributed by atoms with van der Waals surface area (Å²) >= 11 is 0. The van der Waals surface area contributed by atoms with Crippen LogP contribution < -0.4 is 10.0 Å². The Hall–Kier alpha value is -3.98. The van der Waals surface area contributed by atoms with Crippen LogP contribution in [-0.4, -0.2) is 19.3 Å². The molecule has 0 radical (unpaired) electrons. The van der Waals surface area contributed by atoms with Gasteiger partial charge in [-0.1, -0.05) is 12.1 Å². The molecular weight excluding hydrogens is 445 g/mol. The number of carbonyl (C=O) groups is 1. The van der Waals surface area contributed by atoms with E-state index in [1.165, 1.54) is 31.2 Å². The summed E-state index contributed by atoms with van der Waals surface area (Å²) in [7, 11) is -4.03. The number of hydrogen-bond acceptors (Lipinski definition) is 5. The Morgan fingerprint density at radius 2 is 1.73 bits per heavy atom. The Labute approximate surface area is 190 Å². The topological polar surface area (TPSA) is 101 Å². The highest BCUT2D eigenvalue weighted by Gasteiger charge is 2.19. The second kappa shape index (κ2) is 8.87. The fraction of sp³-hybridized carbons (Fsp3) is 0.0833. The Balaban J connectivity index is 1.54. The third-order valence-electron chi connectivity index (χ3n) is 4.90. The number of halogens is 1. The predicted molar refractivity (Wildman–Crippen MR) is 123 cm³/mol. The van der Waals surface area contributed by atoms with Gasteiger partial charge >= 0.3 is 0 Å². The van der Waals surface area contributed by atoms with Gasteiger partial charge in [-0.2, -0.15) is 0 Å². The first-order chi connectivity index (χ1) is 15.7. The van der Waals surface area contributed by atoms with Crippen molar-refractivity contribution in [2.24, 2.45) is 0 Å². The molecule has 4 aromatic rings. The molecule has 0 aliphatic heterocycles. The number of carbonyl (C=O) groups excluding carboxylic acids is 1. The summed E-state index contributed by atoms with van der Waals surface area (Å²) in [5.41, 5.74) is 1.76. The second-order valence-corrected chi connectivity index (χ2v) is 9.02. The molecule has 0 spiro atoms. The molecule has 0 aliphatic rings. The molecular formula is C24H20FN3O4S. The Morgan fingerprint density at radius 1 is 1.00 bits per heavy atom. The average molecular weight is 466 g/mol. The van der Waals surface area contributed by atoms with Crippen molar-refractivity contribution in [2.75, 3.05) is 10.0 Å². The highest BCUT2D eigenvalue weighted by molar-refractivity contribution is 7.92. The van der Waals surface area contributed by atoms with Crippen LogP contribution in [0, 0.1) is 19.7 Å². The van der Waals surface area contributed by atoms with E-state index < -0.39 is 21.7 Å². The van der Waals surface area contributed by atoms with E-state index in [9.17, 15) is 17.6 Å². The van der Waals surface area contributed by atoms with Crippen LogP contribution >= 0.6 is 0 Å². The summed E-state index contributed by atoms with van der Waals surface area (Å²) in [4.78, 5) is 16.9. The van der Waals surface area contributed by atoms with Gasteiger partial charge in [-0.25, -0.2) is 17.8 Å². The quantitative estimate of drug-likeness (QED) is 0.410. The number of amides is 1. The van der Waals surface area contributed by atoms with Gasteiger partial charge in [0.25, 0.3) is 15.9 Å². The number of anilines is 2. The Bertz CT molecular complexity index is 1430. The van der Waals surface area contributed by atoms with Crippen LogP contribution in [-0.2, 0) is 10.0 Å². The highest BCUT2D eigenvalue weighted by atomic mass is 32.2. The fourth-order valence-electron chi connectivity index (χ4n) is 3.17. The molecule has 0 bridgehead atoms. The largest absolute Gasteiger partial charge is 0.441 e. The summed E-state index contributed by atoms with van der Waals surface area (Å²) in [6.45, 7) is 3.23. The molecule has 0 fully saturated rings. The predicted octanol–water partition coefficient (Wildman–Crippen LogP) is 5.15. The molecule has 0 saturated carbocycles. The van der Waals surface area contributed by atoms with Crippen LogP contribution in [0.5, 0.6) is 0 Å². The summed E-state index contributed by atoms with van der Waals surface area (Å²) in [6, 6.07) is 16.7. The van der Waals surface area contributed by atoms with E-state index in [1.54, 1.807) is 49.5 Å². The maximum atomic E-state index is 13.5. The lowest BCUT2D eigenvalue weighted by atomic mass is 10.1. The molecule has 3 aromatic carbocycles. The van der Waals surface area contributed by atoms with Gasteiger partial charge in [-0.05, 0) is 67.1 Å². The second-order valence-electron chi connectivity index (χ2n) is 7.34. The number of aromatic nitrogens is 1. The van der Waals surface area contributed by atoms with E-state index in [0.717, 1.165) is 11.6 Å². The van der Waals surface area contributed by atoms with Crippen molar-refractivity contribution >= 4 is 27.3 Å². The average Bonchev–Trinajstić information content (AvgIpc) is 3.22. The van der Waals surface area contributed by atoms with Crippen molar-refractivity contribution in [3.63, 3.8) is 0 Å². The molecule has 0 atom stereocenters. The van der Waals surface area contributed by atoms with Crippen LogP contribution in [0.15, 0.2) is 82.2 Å². The van der Waals surface area contributed by atoms with Crippen molar-refractivity contribution in [2.45, 2.75) is 18.7 Å². The van der Waals surface area contributed by atoms with Gasteiger partial charge in [-0.3, -0.25) is 9.52 Å². The Kier molecular flexibility index (Phi) is 5.97. The molecule has 1 amide bonds. The maximum Gasteiger partial charge on any atom is 0.261 e. The van der Waals surface area contributed by atoms with Gasteiger partial charge in [0.1, 0.15) is 5.82 Å². The van der Waals surface area contributed by atoms with Crippen LogP contribution in [0.1, 0.15) is 21.8 Å². The van der Waals surface area contributed by atoms with Gasteiger partial charge in [0.15, 0.2) is 11.7 Å². The Morgan fingerprint density at radius 3 is 2.39 bits per heavy atom. The SMILES string of the molecule is Cc1ncc(-c2ccc(NC(=O)c3ccccc3NS(=O)(=O)c3ccc(F)c(C)c3)cc2)o1. The minimum Gasteiger partial charge on any atom is -0.441 e. The molecule has 168 valence electrons. The van der Waals surface area contributed by atoms with Crippen LogP contribution in [0.2, 0.25) is 0 Å². The molecule has 0 unspecified atom stereocenters. The maximum absolute atomic E-state index is 13.5. The third kappa shape index (κ3) is 4.93. The molecule has 7 nitrogen and oxygen atoms in total. The molecule has 1 heterocycles. The van der Waals surface area contributed by atoms with Crippen molar-refractivity contribution in [1.29, 1.82) is 0 Å². The van der Waals surface area contributed by atoms with E-state index >= 15 is 0 Å². The monoisotopic (exact) mass is 465 g/mol. The van der Waals surface area contributed by atoms with Crippen LogP contribution in [0.25, 0.3) is 11.3 Å². The molecule has 9 heteroatoms. The number of rotatable bonds is 6. The third-order valence-corrected chi connectivity index (χ3v) is 6.27. The highest BCUT2D eigenvalue weighted by Crippen LogP contribution is 2.25. The minimum absolute atomic E-state index is 0.102. The summed E-state index contributed by atoms with van der Waals surface area (Å²) in [5.74, 6) is 0.170. The van der Waals surface area contributed by atoms with Crippen LogP contribution in [0.3, 0.4) is 0 Å². The summed E-state index contributed by atoms with van der Waals surface area (Å²) < 4.78 is 47.0. The molecule has 1 aromatic heterocycles. The van der Waals surface area contributed by atoms with E-state index in [0.29, 0.717) is 17.3 Å². The summed E-state index contributed by atoms with van der Waals surface area (Å²) in [5, 5.41) is 2.76. The van der Waals surface area contributed by atoms with Crippen molar-refractivity contribution in [1.82, 2.24) is 4.98 Å². The zero-order chi connectivity index (χ0) is 23.6. The zero-order valence-corrected chi connectivity index (χ0v) is 18.6. The van der Waals surface area contributed by atoms with E-state index in [4.69, 9.17) is 4.42 Å². The number of aryl methyl sites for hydroxylation is 2. The molecule has 33 heavy (non-hydrogen) atoms. The van der Waals surface area contributed by atoms with E-state index in [1.807, 2.05) is 0 Å². The van der Waals surface area contributed by atoms with E-state index in [2.05, 4.69) is 15.0 Å².